The first-order valence-electron chi connectivity index (χ1n) is 4.63. The number of aromatic nitrogens is 2. The van der Waals surface area contributed by atoms with Crippen molar-refractivity contribution in [2.75, 3.05) is 5.32 Å². The Morgan fingerprint density at radius 3 is 2.93 bits per heavy atom. The van der Waals surface area contributed by atoms with E-state index in [4.69, 9.17) is 0 Å². The minimum absolute atomic E-state index is 0.0922. The lowest BCUT2D eigenvalue weighted by molar-refractivity contribution is 0.322. The highest BCUT2D eigenvalue weighted by Gasteiger charge is 2.27. The smallest absolute Gasteiger partial charge is 0.183 e. The van der Waals surface area contributed by atoms with E-state index in [9.17, 15) is 8.78 Å². The van der Waals surface area contributed by atoms with E-state index in [1.165, 1.54) is 6.33 Å². The van der Waals surface area contributed by atoms with Crippen molar-refractivity contribution in [2.24, 2.45) is 0 Å². The van der Waals surface area contributed by atoms with Gasteiger partial charge in [0.05, 0.1) is 12.2 Å². The monoisotopic (exact) mass is 199 g/mol. The first-order valence-corrected chi connectivity index (χ1v) is 4.63. The molecule has 3 nitrogen and oxygen atoms in total. The van der Waals surface area contributed by atoms with Crippen LogP contribution in [0.5, 0.6) is 0 Å². The highest BCUT2D eigenvalue weighted by molar-refractivity contribution is 5.35. The summed E-state index contributed by atoms with van der Waals surface area (Å²) >= 11 is 0. The summed E-state index contributed by atoms with van der Waals surface area (Å²) in [5.74, 6) is -0.443. The third-order valence-electron chi connectivity index (χ3n) is 2.42. The number of hydrogen-bond acceptors (Lipinski definition) is 3. The highest BCUT2D eigenvalue weighted by atomic mass is 19.1. The molecule has 2 atom stereocenters. The molecular weight excluding hydrogens is 188 g/mol. The Balaban J connectivity index is 2.07. The summed E-state index contributed by atoms with van der Waals surface area (Å²) in [5, 5.41) is 2.76. The van der Waals surface area contributed by atoms with Gasteiger partial charge in [-0.1, -0.05) is 0 Å². The molecule has 0 spiro atoms. The van der Waals surface area contributed by atoms with Crippen molar-refractivity contribution in [3.05, 3.63) is 18.3 Å². The Labute approximate surface area is 80.6 Å². The molecule has 2 rings (SSSR count). The second-order valence-electron chi connectivity index (χ2n) is 3.42. The first kappa shape index (κ1) is 9.30. The van der Waals surface area contributed by atoms with Crippen LogP contribution in [0.25, 0.3) is 0 Å². The van der Waals surface area contributed by atoms with Crippen LogP contribution in [0.4, 0.5) is 14.6 Å². The van der Waals surface area contributed by atoms with Gasteiger partial charge in [0.25, 0.3) is 0 Å². The fourth-order valence-electron chi connectivity index (χ4n) is 1.67. The van der Waals surface area contributed by atoms with Crippen molar-refractivity contribution in [1.82, 2.24) is 9.97 Å². The van der Waals surface area contributed by atoms with Gasteiger partial charge in [-0.15, -0.1) is 0 Å². The van der Waals surface area contributed by atoms with Gasteiger partial charge in [0.2, 0.25) is 0 Å². The van der Waals surface area contributed by atoms with E-state index in [1.54, 1.807) is 0 Å². The van der Waals surface area contributed by atoms with E-state index in [1.807, 2.05) is 0 Å². The lowest BCUT2D eigenvalue weighted by Crippen LogP contribution is -2.26. The SMILES string of the molecule is Fc1cncnc1N[C@@H]1CCC[C@H]1F. The van der Waals surface area contributed by atoms with Crippen molar-refractivity contribution in [1.29, 1.82) is 0 Å². The lowest BCUT2D eigenvalue weighted by Gasteiger charge is -2.15. The molecule has 5 heteroatoms. The number of halogens is 2. The quantitative estimate of drug-likeness (QED) is 0.790. The van der Waals surface area contributed by atoms with Gasteiger partial charge < -0.3 is 5.32 Å². The standard InChI is InChI=1S/C9H11F2N3/c10-6-2-1-3-8(6)14-9-7(11)4-12-5-13-9/h4-6,8H,1-3H2,(H,12,13,14)/t6-,8-/m1/s1. The van der Waals surface area contributed by atoms with Crippen LogP contribution in [-0.2, 0) is 0 Å². The fourth-order valence-corrected chi connectivity index (χ4v) is 1.67. The summed E-state index contributed by atoms with van der Waals surface area (Å²) in [5.41, 5.74) is 0. The normalized spacial score (nSPS) is 26.4. The average Bonchev–Trinajstić information content (AvgIpc) is 2.56. The molecule has 1 fully saturated rings. The van der Waals surface area contributed by atoms with Gasteiger partial charge in [-0.25, -0.2) is 18.7 Å². The minimum Gasteiger partial charge on any atom is -0.362 e. The number of alkyl halides is 1. The van der Waals surface area contributed by atoms with Crippen molar-refractivity contribution in [3.63, 3.8) is 0 Å². The molecule has 0 aliphatic heterocycles. The minimum atomic E-state index is -0.899. The van der Waals surface area contributed by atoms with Gasteiger partial charge in [0.15, 0.2) is 11.6 Å². The second kappa shape index (κ2) is 3.86. The predicted molar refractivity (Wildman–Crippen MR) is 48.1 cm³/mol. The number of nitrogens with zero attached hydrogens (tertiary/aromatic N) is 2. The van der Waals surface area contributed by atoms with Crippen LogP contribution < -0.4 is 5.32 Å². The van der Waals surface area contributed by atoms with Gasteiger partial charge in [0, 0.05) is 0 Å². The van der Waals surface area contributed by atoms with Gasteiger partial charge in [-0.2, -0.15) is 0 Å². The summed E-state index contributed by atoms with van der Waals surface area (Å²) in [6.07, 6.45) is 3.52. The number of anilines is 1. The zero-order chi connectivity index (χ0) is 9.97. The van der Waals surface area contributed by atoms with Crippen LogP contribution in [0.1, 0.15) is 19.3 Å². The molecule has 14 heavy (non-hydrogen) atoms. The van der Waals surface area contributed by atoms with Crippen LogP contribution in [0.3, 0.4) is 0 Å². The van der Waals surface area contributed by atoms with Gasteiger partial charge in [0.1, 0.15) is 12.5 Å². The maximum atomic E-state index is 13.2. The van der Waals surface area contributed by atoms with E-state index in [-0.39, 0.29) is 11.9 Å². The van der Waals surface area contributed by atoms with Crippen molar-refractivity contribution < 1.29 is 8.78 Å². The van der Waals surface area contributed by atoms with E-state index < -0.39 is 12.0 Å². The molecule has 0 saturated heterocycles. The summed E-state index contributed by atoms with van der Waals surface area (Å²) < 4.78 is 26.2. The molecule has 76 valence electrons. The van der Waals surface area contributed by atoms with Crippen molar-refractivity contribution in [2.45, 2.75) is 31.5 Å². The van der Waals surface area contributed by atoms with E-state index >= 15 is 0 Å². The van der Waals surface area contributed by atoms with Gasteiger partial charge in [-0.3, -0.25) is 0 Å². The third-order valence-corrected chi connectivity index (χ3v) is 2.42. The highest BCUT2D eigenvalue weighted by Crippen LogP contribution is 2.25. The van der Waals surface area contributed by atoms with Crippen molar-refractivity contribution in [3.8, 4) is 0 Å². The topological polar surface area (TPSA) is 37.8 Å². The van der Waals surface area contributed by atoms with E-state index in [0.29, 0.717) is 6.42 Å². The summed E-state index contributed by atoms with van der Waals surface area (Å²) in [7, 11) is 0. The number of nitrogens with one attached hydrogen (secondary N) is 1. The Morgan fingerprint density at radius 1 is 1.43 bits per heavy atom. The van der Waals surface area contributed by atoms with Crippen LogP contribution in [0, 0.1) is 5.82 Å². The lowest BCUT2D eigenvalue weighted by atomic mass is 10.2. The molecule has 1 aliphatic carbocycles. The molecule has 0 amide bonds. The van der Waals surface area contributed by atoms with Crippen molar-refractivity contribution >= 4 is 5.82 Å². The molecule has 1 N–H and O–H groups in total. The Hall–Kier alpha value is -1.26. The van der Waals surface area contributed by atoms with Crippen LogP contribution in [0.15, 0.2) is 12.5 Å². The summed E-state index contributed by atoms with van der Waals surface area (Å²) in [4.78, 5) is 7.23. The molecule has 0 aromatic carbocycles. The summed E-state index contributed by atoms with van der Waals surface area (Å²) in [6.45, 7) is 0. The first-order chi connectivity index (χ1) is 6.77. The maximum Gasteiger partial charge on any atom is 0.183 e. The van der Waals surface area contributed by atoms with E-state index in [0.717, 1.165) is 19.0 Å². The zero-order valence-corrected chi connectivity index (χ0v) is 7.58. The number of rotatable bonds is 2. The third kappa shape index (κ3) is 1.81. The molecule has 1 heterocycles. The molecule has 0 unspecified atom stereocenters. The van der Waals surface area contributed by atoms with E-state index in [2.05, 4.69) is 15.3 Å². The van der Waals surface area contributed by atoms with Crippen LogP contribution in [-0.4, -0.2) is 22.2 Å². The largest absolute Gasteiger partial charge is 0.362 e. The predicted octanol–water partition coefficient (Wildman–Crippen LogP) is 1.92. The number of hydrogen-bond donors (Lipinski definition) is 1. The average molecular weight is 199 g/mol. The van der Waals surface area contributed by atoms with Gasteiger partial charge >= 0.3 is 0 Å². The zero-order valence-electron chi connectivity index (χ0n) is 7.58. The Kier molecular flexibility index (Phi) is 2.56. The Morgan fingerprint density at radius 2 is 2.29 bits per heavy atom. The summed E-state index contributed by atoms with van der Waals surface area (Å²) in [6, 6.07) is -0.306. The maximum absolute atomic E-state index is 13.2. The molecule has 0 bridgehead atoms. The van der Waals surface area contributed by atoms with Gasteiger partial charge in [-0.05, 0) is 19.3 Å². The van der Waals surface area contributed by atoms with Crippen LogP contribution in [0.2, 0.25) is 0 Å². The molecular formula is C9H11F2N3. The molecule has 0 radical (unpaired) electrons. The molecule has 1 aromatic rings. The van der Waals surface area contributed by atoms with Crippen LogP contribution >= 0.6 is 0 Å². The second-order valence-corrected chi connectivity index (χ2v) is 3.42. The fraction of sp³-hybridized carbons (Fsp3) is 0.556. The molecule has 1 aromatic heterocycles. The molecule has 1 saturated carbocycles. The Bertz CT molecular complexity index is 319. The molecule has 1 aliphatic rings.